The number of carbonyl (C=O) groups excluding carboxylic acids is 1. The summed E-state index contributed by atoms with van der Waals surface area (Å²) in [5, 5.41) is 3.31. The average molecular weight is 288 g/mol. The first-order valence-electron chi connectivity index (χ1n) is 7.11. The summed E-state index contributed by atoms with van der Waals surface area (Å²) in [6.07, 6.45) is 3.28. The van der Waals surface area contributed by atoms with Crippen LogP contribution in [0.15, 0.2) is 0 Å². The molecule has 0 aliphatic carbocycles. The van der Waals surface area contributed by atoms with Gasteiger partial charge in [-0.25, -0.2) is 8.42 Å². The van der Waals surface area contributed by atoms with Crippen molar-refractivity contribution in [3.63, 3.8) is 0 Å². The highest BCUT2D eigenvalue weighted by atomic mass is 32.2. The summed E-state index contributed by atoms with van der Waals surface area (Å²) in [4.78, 5) is 13.9. The SMILES string of the molecule is CN(CC1CCNCC1)C(=O)CC1CCS(=O)(=O)C1. The second-order valence-corrected chi connectivity index (χ2v) is 8.17. The number of piperidine rings is 1. The van der Waals surface area contributed by atoms with E-state index >= 15 is 0 Å². The number of hydrogen-bond donors (Lipinski definition) is 1. The molecule has 1 atom stereocenters. The molecule has 0 aromatic heterocycles. The van der Waals surface area contributed by atoms with Gasteiger partial charge in [0.2, 0.25) is 5.91 Å². The standard InChI is InChI=1S/C13H24N2O3S/c1-15(9-11-2-5-14-6-3-11)13(16)8-12-4-7-19(17,18)10-12/h11-12,14H,2-10H2,1H3. The quantitative estimate of drug-likeness (QED) is 0.806. The number of hydrogen-bond acceptors (Lipinski definition) is 4. The monoisotopic (exact) mass is 288 g/mol. The largest absolute Gasteiger partial charge is 0.345 e. The van der Waals surface area contributed by atoms with Crippen molar-refractivity contribution in [1.82, 2.24) is 10.2 Å². The van der Waals surface area contributed by atoms with Gasteiger partial charge in [0.15, 0.2) is 9.84 Å². The van der Waals surface area contributed by atoms with E-state index in [9.17, 15) is 13.2 Å². The highest BCUT2D eigenvalue weighted by molar-refractivity contribution is 7.91. The molecule has 0 aromatic carbocycles. The van der Waals surface area contributed by atoms with E-state index in [1.807, 2.05) is 7.05 Å². The summed E-state index contributed by atoms with van der Waals surface area (Å²) in [7, 11) is -1.03. The van der Waals surface area contributed by atoms with Gasteiger partial charge >= 0.3 is 0 Å². The van der Waals surface area contributed by atoms with E-state index < -0.39 is 9.84 Å². The molecule has 5 nitrogen and oxygen atoms in total. The van der Waals surface area contributed by atoms with Crippen LogP contribution < -0.4 is 5.32 Å². The topological polar surface area (TPSA) is 66.5 Å². The molecule has 2 heterocycles. The van der Waals surface area contributed by atoms with Crippen LogP contribution in [0.25, 0.3) is 0 Å². The van der Waals surface area contributed by atoms with Crippen LogP contribution in [0.4, 0.5) is 0 Å². The van der Waals surface area contributed by atoms with E-state index in [0.29, 0.717) is 18.8 Å². The maximum absolute atomic E-state index is 12.1. The molecule has 0 radical (unpaired) electrons. The molecule has 110 valence electrons. The van der Waals surface area contributed by atoms with Gasteiger partial charge in [-0.15, -0.1) is 0 Å². The third kappa shape index (κ3) is 4.45. The maximum Gasteiger partial charge on any atom is 0.222 e. The zero-order chi connectivity index (χ0) is 13.9. The van der Waals surface area contributed by atoms with Gasteiger partial charge in [0.25, 0.3) is 0 Å². The Morgan fingerprint density at radius 1 is 1.21 bits per heavy atom. The molecule has 0 saturated carbocycles. The fourth-order valence-electron chi connectivity index (χ4n) is 2.99. The Bertz CT molecular complexity index is 416. The lowest BCUT2D eigenvalue weighted by molar-refractivity contribution is -0.131. The fraction of sp³-hybridized carbons (Fsp3) is 0.923. The zero-order valence-electron chi connectivity index (χ0n) is 11.6. The van der Waals surface area contributed by atoms with E-state index in [2.05, 4.69) is 5.32 Å². The van der Waals surface area contributed by atoms with Crippen LogP contribution in [-0.4, -0.2) is 57.4 Å². The smallest absolute Gasteiger partial charge is 0.222 e. The van der Waals surface area contributed by atoms with Gasteiger partial charge in [0.05, 0.1) is 11.5 Å². The molecular weight excluding hydrogens is 264 g/mol. The van der Waals surface area contributed by atoms with Crippen LogP contribution in [0.1, 0.15) is 25.7 Å². The highest BCUT2D eigenvalue weighted by Gasteiger charge is 2.30. The first kappa shape index (κ1) is 14.8. The van der Waals surface area contributed by atoms with E-state index in [4.69, 9.17) is 0 Å². The Morgan fingerprint density at radius 2 is 1.89 bits per heavy atom. The minimum Gasteiger partial charge on any atom is -0.345 e. The van der Waals surface area contributed by atoms with Gasteiger partial charge in [-0.2, -0.15) is 0 Å². The number of amides is 1. The Kier molecular flexibility index (Phi) is 4.84. The second-order valence-electron chi connectivity index (χ2n) is 5.94. The number of rotatable bonds is 4. The van der Waals surface area contributed by atoms with Gasteiger partial charge < -0.3 is 10.2 Å². The van der Waals surface area contributed by atoms with Crippen molar-refractivity contribution in [3.8, 4) is 0 Å². The Hall–Kier alpha value is -0.620. The van der Waals surface area contributed by atoms with Gasteiger partial charge in [-0.1, -0.05) is 0 Å². The summed E-state index contributed by atoms with van der Waals surface area (Å²) >= 11 is 0. The predicted octanol–water partition coefficient (Wildman–Crippen LogP) is 0.269. The lowest BCUT2D eigenvalue weighted by Crippen LogP contribution is -2.37. The Labute approximate surface area is 115 Å². The molecule has 19 heavy (non-hydrogen) atoms. The van der Waals surface area contributed by atoms with Crippen LogP contribution >= 0.6 is 0 Å². The molecular formula is C13H24N2O3S. The summed E-state index contributed by atoms with van der Waals surface area (Å²) in [6, 6.07) is 0. The molecule has 2 saturated heterocycles. The minimum atomic E-state index is -2.87. The van der Waals surface area contributed by atoms with Gasteiger partial charge in [0.1, 0.15) is 0 Å². The maximum atomic E-state index is 12.1. The normalized spacial score (nSPS) is 27.3. The minimum absolute atomic E-state index is 0.0352. The summed E-state index contributed by atoms with van der Waals surface area (Å²) < 4.78 is 22.8. The third-order valence-electron chi connectivity index (χ3n) is 4.21. The highest BCUT2D eigenvalue weighted by Crippen LogP contribution is 2.22. The van der Waals surface area contributed by atoms with Crippen molar-refractivity contribution >= 4 is 15.7 Å². The molecule has 0 bridgehead atoms. The average Bonchev–Trinajstić information content (AvgIpc) is 2.70. The van der Waals surface area contributed by atoms with Crippen LogP contribution in [0, 0.1) is 11.8 Å². The molecule has 6 heteroatoms. The lowest BCUT2D eigenvalue weighted by atomic mass is 9.97. The Balaban J connectivity index is 1.76. The van der Waals surface area contributed by atoms with Gasteiger partial charge in [-0.05, 0) is 44.2 Å². The van der Waals surface area contributed by atoms with E-state index in [-0.39, 0.29) is 23.3 Å². The van der Waals surface area contributed by atoms with E-state index in [1.165, 1.54) is 0 Å². The molecule has 0 spiro atoms. The van der Waals surface area contributed by atoms with Crippen molar-refractivity contribution in [1.29, 1.82) is 0 Å². The predicted molar refractivity (Wildman–Crippen MR) is 74.6 cm³/mol. The molecule has 1 amide bonds. The van der Waals surface area contributed by atoms with Crippen molar-refractivity contribution in [2.75, 3.05) is 38.2 Å². The number of sulfone groups is 1. The second kappa shape index (κ2) is 6.22. The molecule has 2 fully saturated rings. The summed E-state index contributed by atoms with van der Waals surface area (Å²) in [5.74, 6) is 1.17. The summed E-state index contributed by atoms with van der Waals surface area (Å²) in [5.41, 5.74) is 0. The van der Waals surface area contributed by atoms with Gasteiger partial charge in [-0.3, -0.25) is 4.79 Å². The zero-order valence-corrected chi connectivity index (χ0v) is 12.4. The molecule has 1 N–H and O–H groups in total. The number of nitrogens with zero attached hydrogens (tertiary/aromatic N) is 1. The van der Waals surface area contributed by atoms with Crippen molar-refractivity contribution in [2.24, 2.45) is 11.8 Å². The van der Waals surface area contributed by atoms with Crippen LogP contribution in [0.5, 0.6) is 0 Å². The molecule has 1 unspecified atom stereocenters. The lowest BCUT2D eigenvalue weighted by Gasteiger charge is -2.28. The van der Waals surface area contributed by atoms with Crippen molar-refractivity contribution in [3.05, 3.63) is 0 Å². The van der Waals surface area contributed by atoms with Crippen molar-refractivity contribution in [2.45, 2.75) is 25.7 Å². The van der Waals surface area contributed by atoms with Gasteiger partial charge in [0, 0.05) is 20.0 Å². The Morgan fingerprint density at radius 3 is 2.47 bits per heavy atom. The first-order valence-corrected chi connectivity index (χ1v) is 8.93. The molecule has 2 rings (SSSR count). The van der Waals surface area contributed by atoms with Crippen LogP contribution in [-0.2, 0) is 14.6 Å². The molecule has 2 aliphatic heterocycles. The van der Waals surface area contributed by atoms with Crippen LogP contribution in [0.3, 0.4) is 0 Å². The third-order valence-corrected chi connectivity index (χ3v) is 6.04. The van der Waals surface area contributed by atoms with E-state index in [0.717, 1.165) is 32.5 Å². The van der Waals surface area contributed by atoms with Crippen molar-refractivity contribution < 1.29 is 13.2 Å². The first-order chi connectivity index (χ1) is 8.96. The fourth-order valence-corrected chi connectivity index (χ4v) is 4.85. The number of carbonyl (C=O) groups is 1. The summed E-state index contributed by atoms with van der Waals surface area (Å²) in [6.45, 7) is 2.88. The molecule has 0 aromatic rings. The van der Waals surface area contributed by atoms with Crippen LogP contribution in [0.2, 0.25) is 0 Å². The molecule has 2 aliphatic rings. The van der Waals surface area contributed by atoms with E-state index in [1.54, 1.807) is 4.90 Å². The number of nitrogens with one attached hydrogen (secondary N) is 1.